The second-order valence-electron chi connectivity index (χ2n) is 11.1. The lowest BCUT2D eigenvalue weighted by Crippen LogP contribution is -2.56. The summed E-state index contributed by atoms with van der Waals surface area (Å²) in [7, 11) is -2.66. The largest absolute Gasteiger partial charge is 0.480 e. The Morgan fingerprint density at radius 3 is 2.64 bits per heavy atom. The highest BCUT2D eigenvalue weighted by Gasteiger charge is 2.62. The number of hydrogen-bond acceptors (Lipinski definition) is 12. The number of thiophene rings is 1. The van der Waals surface area contributed by atoms with Crippen LogP contribution < -0.4 is 14.3 Å². The van der Waals surface area contributed by atoms with Crippen LogP contribution in [0.2, 0.25) is 0 Å². The first-order valence-electron chi connectivity index (χ1n) is 14.5. The zero-order valence-corrected chi connectivity index (χ0v) is 26.9. The molecule has 0 saturated carbocycles. The highest BCUT2D eigenvalue weighted by Crippen LogP contribution is 2.52. The zero-order chi connectivity index (χ0) is 31.8. The van der Waals surface area contributed by atoms with Gasteiger partial charge in [0.05, 0.1) is 31.8 Å². The number of carbonyl (C=O) groups excluding carboxylic acids is 1. The molecule has 13 nitrogen and oxygen atoms in total. The van der Waals surface area contributed by atoms with Gasteiger partial charge in [-0.1, -0.05) is 24.3 Å². The number of methoxy groups -OCH3 is 1. The molecule has 3 aromatic heterocycles. The molecular weight excluding hydrogens is 623 g/mol. The lowest BCUT2D eigenvalue weighted by atomic mass is 9.86. The van der Waals surface area contributed by atoms with Gasteiger partial charge in [0.2, 0.25) is 5.88 Å². The van der Waals surface area contributed by atoms with Crippen molar-refractivity contribution in [2.75, 3.05) is 20.3 Å². The van der Waals surface area contributed by atoms with E-state index in [1.165, 1.54) is 13.3 Å². The van der Waals surface area contributed by atoms with Crippen molar-refractivity contribution in [3.63, 3.8) is 0 Å². The van der Waals surface area contributed by atoms with Gasteiger partial charge in [0.15, 0.2) is 6.23 Å². The van der Waals surface area contributed by atoms with Crippen LogP contribution in [0.25, 0.3) is 21.5 Å². The summed E-state index contributed by atoms with van der Waals surface area (Å²) in [5.41, 5.74) is 0.268. The molecule has 6 rings (SSSR count). The standard InChI is InChI=1S/C30H35N4O9PS/c1-18(2)41-28(36)19(3)33-44(37,43-20-9-6-5-7-10-20)40-16-22-25(35)30(12-13-39-30)29(42-22)34-15-21(23-11-8-14-45-23)24-26(34)31-17-32-27(24)38-4/h5-11,14-15,17-19,22,25,29,35H,12-13,16H2,1-4H3,(H,33,37)/t19-,22+,25+,29+,30+,44?/m0/s1. The monoisotopic (exact) mass is 658 g/mol. The predicted molar refractivity (Wildman–Crippen MR) is 165 cm³/mol. The van der Waals surface area contributed by atoms with E-state index in [4.69, 9.17) is 28.0 Å². The van der Waals surface area contributed by atoms with Gasteiger partial charge in [-0.2, -0.15) is 5.09 Å². The molecule has 0 bridgehead atoms. The number of aromatic nitrogens is 3. The fraction of sp³-hybridized carbons (Fsp3) is 0.433. The molecule has 2 N–H and O–H groups in total. The van der Waals surface area contributed by atoms with Crippen LogP contribution in [0.3, 0.4) is 0 Å². The Kier molecular flexibility index (Phi) is 8.99. The molecule has 5 heterocycles. The maximum Gasteiger partial charge on any atom is 0.459 e. The third-order valence-electron chi connectivity index (χ3n) is 7.68. The van der Waals surface area contributed by atoms with Crippen molar-refractivity contribution in [1.82, 2.24) is 19.6 Å². The van der Waals surface area contributed by atoms with Crippen LogP contribution in [-0.2, 0) is 28.1 Å². The molecule has 0 amide bonds. The number of esters is 1. The lowest BCUT2D eigenvalue weighted by molar-refractivity contribution is -0.225. The third-order valence-corrected chi connectivity index (χ3v) is 10.2. The summed E-state index contributed by atoms with van der Waals surface area (Å²) in [6, 6.07) is 11.4. The number of hydrogen-bond donors (Lipinski definition) is 2. The quantitative estimate of drug-likeness (QED) is 0.160. The molecule has 1 aromatic carbocycles. The summed E-state index contributed by atoms with van der Waals surface area (Å²) < 4.78 is 50.9. The topological polar surface area (TPSA) is 152 Å². The number of fused-ring (bicyclic) bond motifs is 1. The molecule has 2 aliphatic heterocycles. The van der Waals surface area contributed by atoms with Gasteiger partial charge < -0.3 is 33.1 Å². The van der Waals surface area contributed by atoms with Gasteiger partial charge in [0, 0.05) is 23.1 Å². The number of nitrogens with zero attached hydrogens (tertiary/aromatic N) is 3. The van der Waals surface area contributed by atoms with E-state index in [0.29, 0.717) is 29.9 Å². The Morgan fingerprint density at radius 2 is 2.00 bits per heavy atom. The smallest absolute Gasteiger partial charge is 0.459 e. The number of nitrogens with one attached hydrogen (secondary N) is 1. The number of rotatable bonds is 12. The predicted octanol–water partition coefficient (Wildman–Crippen LogP) is 4.72. The summed E-state index contributed by atoms with van der Waals surface area (Å²) in [5, 5.41) is 16.9. The average Bonchev–Trinajstić information content (AvgIpc) is 3.72. The van der Waals surface area contributed by atoms with E-state index in [-0.39, 0.29) is 18.5 Å². The first-order valence-corrected chi connectivity index (χ1v) is 16.9. The molecule has 45 heavy (non-hydrogen) atoms. The van der Waals surface area contributed by atoms with E-state index >= 15 is 0 Å². The van der Waals surface area contributed by atoms with Crippen molar-refractivity contribution in [3.05, 3.63) is 60.4 Å². The fourth-order valence-corrected chi connectivity index (χ4v) is 7.77. The minimum atomic E-state index is -4.20. The summed E-state index contributed by atoms with van der Waals surface area (Å²) >= 11 is 1.56. The van der Waals surface area contributed by atoms with Crippen molar-refractivity contribution >= 4 is 36.1 Å². The number of ether oxygens (including phenoxy) is 4. The maximum atomic E-state index is 14.1. The first kappa shape index (κ1) is 31.6. The van der Waals surface area contributed by atoms with Crippen LogP contribution in [0.15, 0.2) is 60.4 Å². The van der Waals surface area contributed by atoms with Crippen molar-refractivity contribution in [1.29, 1.82) is 0 Å². The van der Waals surface area contributed by atoms with Crippen molar-refractivity contribution in [2.45, 2.75) is 63.4 Å². The Bertz CT molecular complexity index is 1680. The van der Waals surface area contributed by atoms with Crippen LogP contribution in [0.4, 0.5) is 0 Å². The van der Waals surface area contributed by atoms with E-state index in [1.54, 1.807) is 62.6 Å². The van der Waals surface area contributed by atoms with Gasteiger partial charge in [-0.15, -0.1) is 11.3 Å². The Morgan fingerprint density at radius 1 is 1.22 bits per heavy atom. The van der Waals surface area contributed by atoms with E-state index < -0.39 is 43.8 Å². The number of para-hydroxylation sites is 1. The Hall–Kier alpha value is -3.36. The molecule has 2 aliphatic rings. The van der Waals surface area contributed by atoms with Gasteiger partial charge in [-0.05, 0) is 44.4 Å². The summed E-state index contributed by atoms with van der Waals surface area (Å²) in [6.45, 7) is 5.01. The van der Waals surface area contributed by atoms with Gasteiger partial charge in [0.25, 0.3) is 0 Å². The molecule has 4 aromatic rings. The number of aliphatic hydroxyl groups excluding tert-OH is 1. The van der Waals surface area contributed by atoms with E-state index in [2.05, 4.69) is 15.1 Å². The van der Waals surface area contributed by atoms with E-state index in [1.807, 2.05) is 28.3 Å². The van der Waals surface area contributed by atoms with Crippen molar-refractivity contribution < 1.29 is 42.5 Å². The Labute approximate surface area is 264 Å². The first-order chi connectivity index (χ1) is 21.6. The van der Waals surface area contributed by atoms with Gasteiger partial charge in [-0.25, -0.2) is 14.5 Å². The zero-order valence-electron chi connectivity index (χ0n) is 25.2. The second kappa shape index (κ2) is 12.8. The molecule has 1 spiro atoms. The fourth-order valence-electron chi connectivity index (χ4n) is 5.53. The summed E-state index contributed by atoms with van der Waals surface area (Å²) in [5.74, 6) is 0.0400. The average molecular weight is 659 g/mol. The minimum Gasteiger partial charge on any atom is -0.480 e. The van der Waals surface area contributed by atoms with E-state index in [9.17, 15) is 14.5 Å². The number of carbonyl (C=O) groups is 1. The SMILES string of the molecule is COc1ncnc2c1c(-c1cccs1)cn2[C@@H]1O[C@H](COP(=O)(N[C@@H](C)C(=O)OC(C)C)Oc2ccccc2)[C@@H](O)[C@]12CCO2. The van der Waals surface area contributed by atoms with Crippen molar-refractivity contribution in [2.24, 2.45) is 0 Å². The normalized spacial score (nSPS) is 24.8. The van der Waals surface area contributed by atoms with Crippen LogP contribution in [0, 0.1) is 0 Å². The van der Waals surface area contributed by atoms with Gasteiger partial charge >= 0.3 is 13.7 Å². The highest BCUT2D eigenvalue weighted by atomic mass is 32.1. The number of aliphatic hydroxyl groups is 1. The minimum absolute atomic E-state index is 0.260. The molecule has 1 unspecified atom stereocenters. The molecule has 15 heteroatoms. The maximum absolute atomic E-state index is 14.1. The number of benzene rings is 1. The molecule has 0 aliphatic carbocycles. The molecule has 6 atom stereocenters. The lowest BCUT2D eigenvalue weighted by Gasteiger charge is -2.44. The molecule has 2 fully saturated rings. The summed E-state index contributed by atoms with van der Waals surface area (Å²) in [6.07, 6.45) is 0.484. The molecule has 240 valence electrons. The van der Waals surface area contributed by atoms with Crippen LogP contribution in [0.5, 0.6) is 11.6 Å². The van der Waals surface area contributed by atoms with Crippen LogP contribution >= 0.6 is 19.1 Å². The van der Waals surface area contributed by atoms with Gasteiger partial charge in [0.1, 0.15) is 41.6 Å². The third kappa shape index (κ3) is 6.11. The van der Waals surface area contributed by atoms with Crippen molar-refractivity contribution in [3.8, 4) is 22.1 Å². The second-order valence-corrected chi connectivity index (χ2v) is 13.7. The van der Waals surface area contributed by atoms with E-state index in [0.717, 1.165) is 10.4 Å². The van der Waals surface area contributed by atoms with Gasteiger partial charge in [-0.3, -0.25) is 9.32 Å². The molecule has 2 saturated heterocycles. The highest BCUT2D eigenvalue weighted by molar-refractivity contribution is 7.52. The van der Waals surface area contributed by atoms with Crippen LogP contribution in [0.1, 0.15) is 33.4 Å². The molecule has 0 radical (unpaired) electrons. The van der Waals surface area contributed by atoms with Crippen LogP contribution in [-0.4, -0.2) is 75.9 Å². The molecular formula is C30H35N4O9PS. The Balaban J connectivity index is 1.29. The summed E-state index contributed by atoms with van der Waals surface area (Å²) in [4.78, 5) is 22.4.